The highest BCUT2D eigenvalue weighted by Gasteiger charge is 2.32. The Morgan fingerprint density at radius 2 is 0.804 bits per heavy atom. The molecule has 0 bridgehead atoms. The Kier molecular flexibility index (Phi) is 8.02. The second-order valence-corrected chi connectivity index (χ2v) is 12.4. The summed E-state index contributed by atoms with van der Waals surface area (Å²) in [5.74, 6) is 0. The lowest BCUT2D eigenvalue weighted by Crippen LogP contribution is -2.20. The summed E-state index contributed by atoms with van der Waals surface area (Å²) in [6.07, 6.45) is 1.68. The third-order valence-corrected chi connectivity index (χ3v) is 9.00. The van der Waals surface area contributed by atoms with E-state index >= 15 is 0 Å². The summed E-state index contributed by atoms with van der Waals surface area (Å²) in [5.41, 5.74) is 11.6. The van der Waals surface area contributed by atoms with Crippen molar-refractivity contribution in [2.45, 2.75) is 24.9 Å². The highest BCUT2D eigenvalue weighted by molar-refractivity contribution is 6.04. The number of hydrazone groups is 2. The smallest absolute Gasteiger partial charge is 0.0831 e. The van der Waals surface area contributed by atoms with Crippen LogP contribution in [0, 0.1) is 0 Å². The first-order valence-corrected chi connectivity index (χ1v) is 15.9. The van der Waals surface area contributed by atoms with Crippen LogP contribution in [-0.4, -0.2) is 39.6 Å². The van der Waals surface area contributed by atoms with Gasteiger partial charge in [0, 0.05) is 52.4 Å². The second-order valence-electron chi connectivity index (χ2n) is 12.4. The SMILES string of the molecule is CN(C)c1ccc(C2=NN(c3ccccc3)C(c3ccc(C4CC(c5ccc(N(C)C)cc5)=NN4c4ccccc4)cc3)C2)cc1. The van der Waals surface area contributed by atoms with Crippen molar-refractivity contribution in [1.82, 2.24) is 0 Å². The molecule has 0 radical (unpaired) electrons. The summed E-state index contributed by atoms with van der Waals surface area (Å²) in [4.78, 5) is 4.25. The van der Waals surface area contributed by atoms with Crippen LogP contribution in [0.1, 0.15) is 47.2 Å². The minimum atomic E-state index is 0.107. The molecule has 0 fully saturated rings. The molecule has 0 amide bonds. The summed E-state index contributed by atoms with van der Waals surface area (Å²) in [7, 11) is 8.27. The van der Waals surface area contributed by atoms with Crippen molar-refractivity contribution in [3.63, 3.8) is 0 Å². The van der Waals surface area contributed by atoms with Crippen LogP contribution in [0.15, 0.2) is 144 Å². The fourth-order valence-corrected chi connectivity index (χ4v) is 6.37. The van der Waals surface area contributed by atoms with Gasteiger partial charge in [-0.3, -0.25) is 10.0 Å². The molecule has 5 aromatic rings. The molecule has 7 rings (SSSR count). The van der Waals surface area contributed by atoms with Crippen LogP contribution in [0.2, 0.25) is 0 Å². The van der Waals surface area contributed by atoms with E-state index in [1.54, 1.807) is 0 Å². The lowest BCUT2D eigenvalue weighted by molar-refractivity contribution is 0.696. The summed E-state index contributed by atoms with van der Waals surface area (Å²) in [6, 6.07) is 47.8. The molecule has 0 aliphatic carbocycles. The molecular formula is C40H40N6. The van der Waals surface area contributed by atoms with Crippen LogP contribution >= 0.6 is 0 Å². The maximum absolute atomic E-state index is 5.18. The summed E-state index contributed by atoms with van der Waals surface area (Å²) in [6.45, 7) is 0. The molecular weight excluding hydrogens is 564 g/mol. The predicted molar refractivity (Wildman–Crippen MR) is 194 cm³/mol. The van der Waals surface area contributed by atoms with E-state index in [0.29, 0.717) is 0 Å². The first kappa shape index (κ1) is 29.4. The van der Waals surface area contributed by atoms with Crippen molar-refractivity contribution in [1.29, 1.82) is 0 Å². The molecule has 2 atom stereocenters. The molecule has 2 aliphatic heterocycles. The first-order valence-electron chi connectivity index (χ1n) is 15.9. The topological polar surface area (TPSA) is 37.7 Å². The molecule has 0 saturated carbocycles. The van der Waals surface area contributed by atoms with Crippen LogP contribution in [0.4, 0.5) is 22.7 Å². The van der Waals surface area contributed by atoms with Gasteiger partial charge in [-0.25, -0.2) is 0 Å². The van der Waals surface area contributed by atoms with E-state index < -0.39 is 0 Å². The minimum absolute atomic E-state index is 0.107. The maximum Gasteiger partial charge on any atom is 0.0831 e. The highest BCUT2D eigenvalue weighted by Crippen LogP contribution is 2.40. The molecule has 6 heteroatoms. The number of benzene rings is 5. The number of rotatable bonds is 8. The van der Waals surface area contributed by atoms with Gasteiger partial charge in [-0.1, -0.05) is 84.9 Å². The average Bonchev–Trinajstić information content (AvgIpc) is 3.76. The third-order valence-electron chi connectivity index (χ3n) is 9.00. The van der Waals surface area contributed by atoms with E-state index in [0.717, 1.165) is 35.6 Å². The fraction of sp³-hybridized carbons (Fsp3) is 0.200. The molecule has 46 heavy (non-hydrogen) atoms. The van der Waals surface area contributed by atoms with Crippen molar-refractivity contribution in [3.05, 3.63) is 156 Å². The molecule has 0 spiro atoms. The number of hydrogen-bond donors (Lipinski definition) is 0. The molecule has 2 heterocycles. The maximum atomic E-state index is 5.18. The van der Waals surface area contributed by atoms with Gasteiger partial charge in [-0.05, 0) is 70.8 Å². The van der Waals surface area contributed by atoms with Gasteiger partial charge >= 0.3 is 0 Å². The van der Waals surface area contributed by atoms with Gasteiger partial charge in [0.15, 0.2) is 0 Å². The third kappa shape index (κ3) is 5.86. The Hall–Kier alpha value is -5.36. The van der Waals surface area contributed by atoms with Crippen LogP contribution in [-0.2, 0) is 0 Å². The van der Waals surface area contributed by atoms with Crippen LogP contribution in [0.5, 0.6) is 0 Å². The average molecular weight is 605 g/mol. The van der Waals surface area contributed by atoms with E-state index in [1.807, 2.05) is 0 Å². The van der Waals surface area contributed by atoms with E-state index in [4.69, 9.17) is 10.2 Å². The zero-order valence-electron chi connectivity index (χ0n) is 27.0. The van der Waals surface area contributed by atoms with Gasteiger partial charge in [0.1, 0.15) is 0 Å². The number of hydrogen-bond acceptors (Lipinski definition) is 6. The van der Waals surface area contributed by atoms with E-state index in [9.17, 15) is 0 Å². The summed E-state index contributed by atoms with van der Waals surface area (Å²) < 4.78 is 0. The Labute approximate surface area is 272 Å². The standard InChI is InChI=1S/C40H40N6/c1-43(2)33-23-19-29(20-24-33)37-27-39(45(41-37)35-11-7-5-8-12-35)31-15-17-32(18-16-31)40-28-38(30-21-25-34(26-22-30)44(3)4)42-46(40)36-13-9-6-10-14-36/h5-26,39-40H,27-28H2,1-4H3. The molecule has 0 aromatic heterocycles. The van der Waals surface area contributed by atoms with E-state index in [-0.39, 0.29) is 12.1 Å². The van der Waals surface area contributed by atoms with Crippen LogP contribution < -0.4 is 19.8 Å². The Balaban J connectivity index is 1.17. The minimum Gasteiger partial charge on any atom is -0.378 e. The zero-order chi connectivity index (χ0) is 31.6. The second kappa shape index (κ2) is 12.6. The first-order chi connectivity index (χ1) is 22.4. The summed E-state index contributed by atoms with van der Waals surface area (Å²) >= 11 is 0. The number of anilines is 4. The molecule has 2 aliphatic rings. The van der Waals surface area contributed by atoms with E-state index in [2.05, 4.69) is 181 Å². The van der Waals surface area contributed by atoms with Crippen molar-refractivity contribution in [3.8, 4) is 0 Å². The van der Waals surface area contributed by atoms with Gasteiger partial charge in [0.25, 0.3) is 0 Å². The fourth-order valence-electron chi connectivity index (χ4n) is 6.37. The quantitative estimate of drug-likeness (QED) is 0.178. The van der Waals surface area contributed by atoms with Crippen LogP contribution in [0.3, 0.4) is 0 Å². The monoisotopic (exact) mass is 604 g/mol. The molecule has 5 aromatic carbocycles. The van der Waals surface area contributed by atoms with Crippen molar-refractivity contribution < 1.29 is 0 Å². The van der Waals surface area contributed by atoms with Gasteiger partial charge in [0.05, 0.1) is 34.9 Å². The lowest BCUT2D eigenvalue weighted by Gasteiger charge is -2.26. The zero-order valence-corrected chi connectivity index (χ0v) is 27.0. The van der Waals surface area contributed by atoms with Crippen molar-refractivity contribution >= 4 is 34.2 Å². The number of nitrogens with zero attached hydrogens (tertiary/aromatic N) is 6. The van der Waals surface area contributed by atoms with Crippen molar-refractivity contribution in [2.24, 2.45) is 10.2 Å². The van der Waals surface area contributed by atoms with Crippen LogP contribution in [0.25, 0.3) is 0 Å². The lowest BCUT2D eigenvalue weighted by atomic mass is 9.94. The van der Waals surface area contributed by atoms with Gasteiger partial charge in [-0.2, -0.15) is 10.2 Å². The number of para-hydroxylation sites is 2. The Bertz CT molecular complexity index is 1690. The predicted octanol–water partition coefficient (Wildman–Crippen LogP) is 8.53. The molecule has 6 nitrogen and oxygen atoms in total. The normalized spacial score (nSPS) is 17.6. The largest absolute Gasteiger partial charge is 0.378 e. The Morgan fingerprint density at radius 1 is 0.457 bits per heavy atom. The summed E-state index contributed by atoms with van der Waals surface area (Å²) in [5, 5.41) is 14.7. The Morgan fingerprint density at radius 3 is 1.13 bits per heavy atom. The van der Waals surface area contributed by atoms with Crippen molar-refractivity contribution in [2.75, 3.05) is 48.0 Å². The molecule has 0 N–H and O–H groups in total. The molecule has 2 unspecified atom stereocenters. The van der Waals surface area contributed by atoms with Gasteiger partial charge < -0.3 is 9.80 Å². The molecule has 0 saturated heterocycles. The van der Waals surface area contributed by atoms with Gasteiger partial charge in [-0.15, -0.1) is 0 Å². The van der Waals surface area contributed by atoms with Gasteiger partial charge in [0.2, 0.25) is 0 Å². The van der Waals surface area contributed by atoms with E-state index in [1.165, 1.54) is 33.6 Å². The highest BCUT2D eigenvalue weighted by atomic mass is 15.5. The molecule has 230 valence electrons.